The highest BCUT2D eigenvalue weighted by molar-refractivity contribution is 7.15. The van der Waals surface area contributed by atoms with Crippen LogP contribution < -0.4 is 5.32 Å². The van der Waals surface area contributed by atoms with Gasteiger partial charge < -0.3 is 5.32 Å². The van der Waals surface area contributed by atoms with Crippen molar-refractivity contribution in [3.8, 4) is 6.07 Å². The number of rotatable bonds is 3. The van der Waals surface area contributed by atoms with Crippen molar-refractivity contribution >= 4 is 22.2 Å². The van der Waals surface area contributed by atoms with Gasteiger partial charge in [0.05, 0.1) is 17.6 Å². The molecular formula is C12H12N4S. The molecule has 0 saturated carbocycles. The Kier molecular flexibility index (Phi) is 3.35. The van der Waals surface area contributed by atoms with E-state index in [9.17, 15) is 0 Å². The van der Waals surface area contributed by atoms with Crippen LogP contribution in [0.1, 0.15) is 23.2 Å². The topological polar surface area (TPSA) is 61.6 Å². The van der Waals surface area contributed by atoms with Gasteiger partial charge in [0.1, 0.15) is 11.8 Å². The Morgan fingerprint density at radius 1 is 1.47 bits per heavy atom. The van der Waals surface area contributed by atoms with Crippen LogP contribution in [0.5, 0.6) is 0 Å². The molecular weight excluding hydrogens is 232 g/mol. The molecule has 2 aromatic heterocycles. The smallest absolute Gasteiger partial charge is 0.187 e. The van der Waals surface area contributed by atoms with Crippen LogP contribution in [0, 0.1) is 18.3 Å². The molecule has 0 aliphatic rings. The Labute approximate surface area is 104 Å². The van der Waals surface area contributed by atoms with Crippen LogP contribution in [0.2, 0.25) is 0 Å². The van der Waals surface area contributed by atoms with Crippen molar-refractivity contribution < 1.29 is 0 Å². The molecule has 0 saturated heterocycles. The number of aryl methyl sites for hydroxylation is 2. The Morgan fingerprint density at radius 3 is 2.82 bits per heavy atom. The van der Waals surface area contributed by atoms with Gasteiger partial charge in [0.25, 0.3) is 0 Å². The number of nitrogens with zero attached hydrogens (tertiary/aromatic N) is 3. The van der Waals surface area contributed by atoms with E-state index in [0.29, 0.717) is 5.69 Å². The maximum atomic E-state index is 8.65. The second kappa shape index (κ2) is 4.93. The molecule has 2 heterocycles. The molecule has 0 aromatic carbocycles. The average Bonchev–Trinajstić information content (AvgIpc) is 2.70. The van der Waals surface area contributed by atoms with Crippen molar-refractivity contribution in [1.29, 1.82) is 5.26 Å². The van der Waals surface area contributed by atoms with Gasteiger partial charge >= 0.3 is 0 Å². The summed E-state index contributed by atoms with van der Waals surface area (Å²) >= 11 is 1.63. The number of anilines is 2. The molecule has 2 aromatic rings. The Bertz CT molecular complexity index is 551. The third-order valence-electron chi connectivity index (χ3n) is 2.36. The van der Waals surface area contributed by atoms with Crippen LogP contribution in [-0.2, 0) is 6.42 Å². The summed E-state index contributed by atoms with van der Waals surface area (Å²) < 4.78 is 0. The van der Waals surface area contributed by atoms with E-state index >= 15 is 0 Å². The second-order valence-electron chi connectivity index (χ2n) is 3.54. The quantitative estimate of drug-likeness (QED) is 0.901. The van der Waals surface area contributed by atoms with E-state index in [0.717, 1.165) is 22.9 Å². The number of pyridine rings is 1. The molecule has 1 N–H and O–H groups in total. The maximum absolute atomic E-state index is 8.65. The normalized spacial score (nSPS) is 9.94. The van der Waals surface area contributed by atoms with Gasteiger partial charge in [-0.1, -0.05) is 6.92 Å². The van der Waals surface area contributed by atoms with Crippen LogP contribution >= 0.6 is 11.3 Å². The number of hydrogen-bond donors (Lipinski definition) is 1. The molecule has 0 bridgehead atoms. The number of nitriles is 1. The van der Waals surface area contributed by atoms with Crippen LogP contribution in [0.25, 0.3) is 0 Å². The van der Waals surface area contributed by atoms with Crippen molar-refractivity contribution in [3.05, 3.63) is 34.6 Å². The van der Waals surface area contributed by atoms with E-state index in [2.05, 4.69) is 29.1 Å². The van der Waals surface area contributed by atoms with Crippen molar-refractivity contribution in [2.45, 2.75) is 20.3 Å². The van der Waals surface area contributed by atoms with Crippen molar-refractivity contribution in [2.75, 3.05) is 5.32 Å². The number of thiazole rings is 1. The summed E-state index contributed by atoms with van der Waals surface area (Å²) in [5, 5.41) is 12.7. The lowest BCUT2D eigenvalue weighted by atomic mass is 10.3. The summed E-state index contributed by atoms with van der Waals surface area (Å²) in [6.45, 7) is 4.16. The molecule has 2 rings (SSSR count). The van der Waals surface area contributed by atoms with E-state index in [1.807, 2.05) is 12.1 Å². The first-order valence-electron chi connectivity index (χ1n) is 5.32. The summed E-state index contributed by atoms with van der Waals surface area (Å²) in [5.74, 6) is 0. The predicted molar refractivity (Wildman–Crippen MR) is 68.5 cm³/mol. The Morgan fingerprint density at radius 2 is 2.29 bits per heavy atom. The standard InChI is InChI=1S/C12H12N4S/c1-3-11-8(2)17-12(16-11)15-10-5-4-9(6-13)14-7-10/h4-5,7H,3H2,1-2H3,(H,15,16). The molecule has 0 aliphatic carbocycles. The monoisotopic (exact) mass is 244 g/mol. The molecule has 0 radical (unpaired) electrons. The molecule has 0 unspecified atom stereocenters. The van der Waals surface area contributed by atoms with Crippen molar-refractivity contribution in [1.82, 2.24) is 9.97 Å². The first-order valence-corrected chi connectivity index (χ1v) is 6.14. The summed E-state index contributed by atoms with van der Waals surface area (Å²) in [4.78, 5) is 9.71. The minimum absolute atomic E-state index is 0.417. The molecule has 0 fully saturated rings. The predicted octanol–water partition coefficient (Wildman–Crippen LogP) is 3.02. The SMILES string of the molecule is CCc1nc(Nc2ccc(C#N)nc2)sc1C. The highest BCUT2D eigenvalue weighted by atomic mass is 32.1. The zero-order valence-corrected chi connectivity index (χ0v) is 10.5. The molecule has 86 valence electrons. The van der Waals surface area contributed by atoms with Crippen LogP contribution in [0.4, 0.5) is 10.8 Å². The Balaban J connectivity index is 2.17. The number of hydrogen-bond acceptors (Lipinski definition) is 5. The molecule has 0 atom stereocenters. The van der Waals surface area contributed by atoms with E-state index in [-0.39, 0.29) is 0 Å². The Hall–Kier alpha value is -1.93. The minimum Gasteiger partial charge on any atom is -0.330 e. The lowest BCUT2D eigenvalue weighted by molar-refractivity contribution is 1.05. The fraction of sp³-hybridized carbons (Fsp3) is 0.250. The highest BCUT2D eigenvalue weighted by Gasteiger charge is 2.05. The number of aromatic nitrogens is 2. The van der Waals surface area contributed by atoms with Gasteiger partial charge in [0.15, 0.2) is 5.13 Å². The summed E-state index contributed by atoms with van der Waals surface area (Å²) in [6, 6.07) is 5.50. The fourth-order valence-corrected chi connectivity index (χ4v) is 2.39. The van der Waals surface area contributed by atoms with Gasteiger partial charge in [-0.15, -0.1) is 11.3 Å². The lowest BCUT2D eigenvalue weighted by Gasteiger charge is -2.00. The van der Waals surface area contributed by atoms with E-state index in [1.54, 1.807) is 23.6 Å². The zero-order chi connectivity index (χ0) is 12.3. The lowest BCUT2D eigenvalue weighted by Crippen LogP contribution is -1.92. The molecule has 17 heavy (non-hydrogen) atoms. The molecule has 0 amide bonds. The van der Waals surface area contributed by atoms with Gasteiger partial charge in [-0.3, -0.25) is 0 Å². The van der Waals surface area contributed by atoms with Crippen LogP contribution in [-0.4, -0.2) is 9.97 Å². The average molecular weight is 244 g/mol. The molecule has 0 aliphatic heterocycles. The van der Waals surface area contributed by atoms with Crippen LogP contribution in [0.15, 0.2) is 18.3 Å². The minimum atomic E-state index is 0.417. The van der Waals surface area contributed by atoms with Crippen LogP contribution in [0.3, 0.4) is 0 Å². The third-order valence-corrected chi connectivity index (χ3v) is 3.29. The largest absolute Gasteiger partial charge is 0.330 e. The van der Waals surface area contributed by atoms with Gasteiger partial charge in [0, 0.05) is 4.88 Å². The van der Waals surface area contributed by atoms with Gasteiger partial charge in [0.2, 0.25) is 0 Å². The van der Waals surface area contributed by atoms with E-state index < -0.39 is 0 Å². The fourth-order valence-electron chi connectivity index (χ4n) is 1.47. The van der Waals surface area contributed by atoms with Crippen molar-refractivity contribution in [3.63, 3.8) is 0 Å². The number of nitrogens with one attached hydrogen (secondary N) is 1. The summed E-state index contributed by atoms with van der Waals surface area (Å²) in [6.07, 6.45) is 2.58. The van der Waals surface area contributed by atoms with Gasteiger partial charge in [-0.05, 0) is 25.5 Å². The van der Waals surface area contributed by atoms with E-state index in [1.165, 1.54) is 4.88 Å². The maximum Gasteiger partial charge on any atom is 0.187 e. The second-order valence-corrected chi connectivity index (χ2v) is 4.75. The first kappa shape index (κ1) is 11.6. The summed E-state index contributed by atoms with van der Waals surface area (Å²) in [7, 11) is 0. The molecule has 4 nitrogen and oxygen atoms in total. The van der Waals surface area contributed by atoms with E-state index in [4.69, 9.17) is 5.26 Å². The van der Waals surface area contributed by atoms with Crippen molar-refractivity contribution in [2.24, 2.45) is 0 Å². The third kappa shape index (κ3) is 2.60. The zero-order valence-electron chi connectivity index (χ0n) is 9.69. The summed E-state index contributed by atoms with van der Waals surface area (Å²) in [5.41, 5.74) is 2.39. The highest BCUT2D eigenvalue weighted by Crippen LogP contribution is 2.25. The first-order chi connectivity index (χ1) is 8.22. The molecule has 5 heteroatoms. The van der Waals surface area contributed by atoms with Gasteiger partial charge in [-0.25, -0.2) is 9.97 Å². The van der Waals surface area contributed by atoms with Gasteiger partial charge in [-0.2, -0.15) is 5.26 Å². The molecule has 0 spiro atoms.